The second-order valence-electron chi connectivity index (χ2n) is 5.50. The molecule has 0 aromatic rings. The Morgan fingerprint density at radius 1 is 1.36 bits per heavy atom. The van der Waals surface area contributed by atoms with Crippen LogP contribution in [-0.2, 0) is 4.74 Å². The van der Waals surface area contributed by atoms with Gasteiger partial charge < -0.3 is 4.74 Å². The van der Waals surface area contributed by atoms with Crippen molar-refractivity contribution >= 4 is 8.07 Å². The summed E-state index contributed by atoms with van der Waals surface area (Å²) in [5.74, 6) is 0.594. The molecule has 0 bridgehead atoms. The molecule has 0 N–H and O–H groups in total. The van der Waals surface area contributed by atoms with Crippen LogP contribution in [0.4, 0.5) is 0 Å². The summed E-state index contributed by atoms with van der Waals surface area (Å²) in [6.07, 6.45) is 8.48. The van der Waals surface area contributed by atoms with Gasteiger partial charge in [-0.05, 0) is 17.5 Å². The summed E-state index contributed by atoms with van der Waals surface area (Å²) in [7, 11) is -1.03. The molecule has 14 heavy (non-hydrogen) atoms. The molecule has 1 heterocycles. The molecule has 0 radical (unpaired) electrons. The highest BCUT2D eigenvalue weighted by molar-refractivity contribution is 6.78. The van der Waals surface area contributed by atoms with Crippen LogP contribution >= 0.6 is 0 Å². The fraction of sp³-hybridized carbons (Fsp3) is 0.667. The molecule has 0 aromatic carbocycles. The molecule has 0 saturated carbocycles. The molecule has 0 spiro atoms. The Morgan fingerprint density at radius 2 is 2.14 bits per heavy atom. The largest absolute Gasteiger partial charge is 0.376 e. The second-order valence-corrected chi connectivity index (χ2v) is 11.0. The van der Waals surface area contributed by atoms with Crippen molar-refractivity contribution in [2.75, 3.05) is 13.2 Å². The molecule has 1 aliphatic heterocycles. The summed E-state index contributed by atoms with van der Waals surface area (Å²) >= 11 is 0. The first kappa shape index (κ1) is 10.2. The highest BCUT2D eigenvalue weighted by Gasteiger charge is 2.29. The molecular formula is C12H20OSi. The summed E-state index contributed by atoms with van der Waals surface area (Å²) in [4.78, 5) is 0. The highest BCUT2D eigenvalue weighted by Crippen LogP contribution is 2.35. The Balaban J connectivity index is 2.23. The zero-order valence-corrected chi connectivity index (χ0v) is 10.4. The Kier molecular flexibility index (Phi) is 2.67. The van der Waals surface area contributed by atoms with Gasteiger partial charge in [-0.15, -0.1) is 0 Å². The van der Waals surface area contributed by atoms with Crippen molar-refractivity contribution in [2.45, 2.75) is 31.6 Å². The van der Waals surface area contributed by atoms with Crippen molar-refractivity contribution in [3.63, 3.8) is 0 Å². The van der Waals surface area contributed by atoms with Gasteiger partial charge in [0.05, 0.1) is 21.3 Å². The van der Waals surface area contributed by atoms with E-state index in [9.17, 15) is 0 Å². The smallest absolute Gasteiger partial charge is 0.0683 e. The zero-order chi connectivity index (χ0) is 10.2. The van der Waals surface area contributed by atoms with Gasteiger partial charge in [0.1, 0.15) is 0 Å². The number of allylic oxidation sites excluding steroid dienone is 2. The van der Waals surface area contributed by atoms with E-state index in [1.807, 2.05) is 0 Å². The number of rotatable bonds is 1. The normalized spacial score (nSPS) is 32.4. The molecule has 0 aromatic heterocycles. The molecule has 1 nitrogen and oxygen atoms in total. The van der Waals surface area contributed by atoms with Crippen molar-refractivity contribution in [1.29, 1.82) is 0 Å². The first-order chi connectivity index (χ1) is 6.57. The van der Waals surface area contributed by atoms with Crippen molar-refractivity contribution < 1.29 is 4.74 Å². The summed E-state index contributed by atoms with van der Waals surface area (Å²) in [5, 5.41) is 0. The lowest BCUT2D eigenvalue weighted by atomic mass is 10.0. The molecular weight excluding hydrogens is 188 g/mol. The Hall–Kier alpha value is -0.343. The van der Waals surface area contributed by atoms with Crippen LogP contribution in [0.2, 0.25) is 25.2 Å². The van der Waals surface area contributed by atoms with E-state index in [0.717, 1.165) is 18.8 Å². The monoisotopic (exact) mass is 208 g/mol. The van der Waals surface area contributed by atoms with Crippen LogP contribution in [0, 0.1) is 5.92 Å². The van der Waals surface area contributed by atoms with Gasteiger partial charge in [-0.2, -0.15) is 0 Å². The predicted molar refractivity (Wildman–Crippen MR) is 63.2 cm³/mol. The van der Waals surface area contributed by atoms with Crippen LogP contribution in [0.1, 0.15) is 6.42 Å². The lowest BCUT2D eigenvalue weighted by Crippen LogP contribution is -2.26. The van der Waals surface area contributed by atoms with Crippen LogP contribution < -0.4 is 0 Å². The Bertz CT molecular complexity index is 273. The van der Waals surface area contributed by atoms with E-state index in [4.69, 9.17) is 4.74 Å². The molecule has 0 amide bonds. The standard InChI is InChI=1S/C12H20OSi/c1-14(2,3)12-6-4-5-10-8-13-9-11(10)7-12/h4-5,7,10,12H,6,8-9H2,1-3H3/t10-,12-/m1/s1. The lowest BCUT2D eigenvalue weighted by molar-refractivity contribution is 0.195. The molecule has 78 valence electrons. The number of ether oxygens (including phenoxy) is 1. The van der Waals surface area contributed by atoms with Crippen LogP contribution in [0.3, 0.4) is 0 Å². The van der Waals surface area contributed by atoms with E-state index in [-0.39, 0.29) is 0 Å². The van der Waals surface area contributed by atoms with Gasteiger partial charge in [0.15, 0.2) is 0 Å². The zero-order valence-electron chi connectivity index (χ0n) is 9.42. The second kappa shape index (κ2) is 3.67. The van der Waals surface area contributed by atoms with Gasteiger partial charge in [0.25, 0.3) is 0 Å². The first-order valence-electron chi connectivity index (χ1n) is 5.52. The SMILES string of the molecule is C[Si](C)(C)[C@H]1C=C2COC[C@H]2C=CC1. The number of hydrogen-bond donors (Lipinski definition) is 0. The fourth-order valence-electron chi connectivity index (χ4n) is 2.19. The number of hydrogen-bond acceptors (Lipinski definition) is 1. The van der Waals surface area contributed by atoms with Gasteiger partial charge in [-0.25, -0.2) is 0 Å². The molecule has 2 rings (SSSR count). The fourth-order valence-corrected chi connectivity index (χ4v) is 3.75. The van der Waals surface area contributed by atoms with E-state index in [2.05, 4.69) is 37.9 Å². The molecule has 1 saturated heterocycles. The summed E-state index contributed by atoms with van der Waals surface area (Å²) in [6, 6.07) is 0. The Labute approximate surface area is 87.9 Å². The quantitative estimate of drug-likeness (QED) is 0.475. The average molecular weight is 208 g/mol. The molecule has 1 aliphatic carbocycles. The van der Waals surface area contributed by atoms with Gasteiger partial charge >= 0.3 is 0 Å². The van der Waals surface area contributed by atoms with E-state index >= 15 is 0 Å². The molecule has 0 unspecified atom stereocenters. The van der Waals surface area contributed by atoms with Crippen LogP contribution in [0.15, 0.2) is 23.8 Å². The number of fused-ring (bicyclic) bond motifs is 1. The maximum absolute atomic E-state index is 5.50. The first-order valence-corrected chi connectivity index (χ1v) is 9.10. The molecule has 2 heteroatoms. The van der Waals surface area contributed by atoms with E-state index in [1.54, 1.807) is 0 Å². The maximum Gasteiger partial charge on any atom is 0.0683 e. The average Bonchev–Trinajstić information content (AvgIpc) is 2.41. The van der Waals surface area contributed by atoms with E-state index < -0.39 is 8.07 Å². The highest BCUT2D eigenvalue weighted by atomic mass is 28.3. The van der Waals surface area contributed by atoms with E-state index in [1.165, 1.54) is 12.0 Å². The van der Waals surface area contributed by atoms with Crippen LogP contribution in [0.5, 0.6) is 0 Å². The minimum Gasteiger partial charge on any atom is -0.376 e. The van der Waals surface area contributed by atoms with Crippen LogP contribution in [0.25, 0.3) is 0 Å². The molecule has 2 aliphatic rings. The minimum absolute atomic E-state index is 0.594. The predicted octanol–water partition coefficient (Wildman–Crippen LogP) is 3.23. The van der Waals surface area contributed by atoms with Gasteiger partial charge in [0.2, 0.25) is 0 Å². The van der Waals surface area contributed by atoms with Crippen molar-refractivity contribution in [2.24, 2.45) is 5.92 Å². The Morgan fingerprint density at radius 3 is 2.86 bits per heavy atom. The molecule has 2 atom stereocenters. The van der Waals surface area contributed by atoms with Crippen molar-refractivity contribution in [3.8, 4) is 0 Å². The van der Waals surface area contributed by atoms with Gasteiger partial charge in [-0.1, -0.05) is 37.9 Å². The van der Waals surface area contributed by atoms with Gasteiger partial charge in [0, 0.05) is 5.92 Å². The summed E-state index contributed by atoms with van der Waals surface area (Å²) in [6.45, 7) is 9.15. The van der Waals surface area contributed by atoms with Crippen molar-refractivity contribution in [1.82, 2.24) is 0 Å². The third-order valence-corrected chi connectivity index (χ3v) is 5.96. The third kappa shape index (κ3) is 2.01. The summed E-state index contributed by atoms with van der Waals surface area (Å²) < 4.78 is 5.50. The van der Waals surface area contributed by atoms with Gasteiger partial charge in [-0.3, -0.25) is 0 Å². The lowest BCUT2D eigenvalue weighted by Gasteiger charge is -2.25. The molecule has 1 fully saturated rings. The van der Waals surface area contributed by atoms with E-state index in [0.29, 0.717) is 5.92 Å². The summed E-state index contributed by atoms with van der Waals surface area (Å²) in [5.41, 5.74) is 2.34. The van der Waals surface area contributed by atoms with Crippen LogP contribution in [-0.4, -0.2) is 21.3 Å². The van der Waals surface area contributed by atoms with Crippen molar-refractivity contribution in [3.05, 3.63) is 23.8 Å². The third-order valence-electron chi connectivity index (χ3n) is 3.33. The maximum atomic E-state index is 5.50. The minimum atomic E-state index is -1.03. The topological polar surface area (TPSA) is 9.23 Å².